The van der Waals surface area contributed by atoms with Crippen molar-refractivity contribution in [2.24, 2.45) is 10.8 Å². The van der Waals surface area contributed by atoms with E-state index in [1.165, 1.54) is 0 Å². The van der Waals surface area contributed by atoms with E-state index in [0.29, 0.717) is 0 Å². The lowest BCUT2D eigenvalue weighted by atomic mass is 9.88. The fraction of sp³-hybridized carbons (Fsp3) is 1.00. The summed E-state index contributed by atoms with van der Waals surface area (Å²) in [4.78, 5) is 0. The van der Waals surface area contributed by atoms with Crippen molar-refractivity contribution in [3.63, 3.8) is 0 Å². The van der Waals surface area contributed by atoms with E-state index in [9.17, 15) is 0 Å². The monoisotopic (exact) mass is 378 g/mol. The highest BCUT2D eigenvalue weighted by Crippen LogP contribution is 2.30. The lowest BCUT2D eigenvalue weighted by molar-refractivity contribution is -0.176. The molecule has 0 saturated carbocycles. The minimum Gasteiger partial charge on any atom is -0.389 e. The zero-order chi connectivity index (χ0) is 19.4. The Hall–Kier alpha value is 0.274. The van der Waals surface area contributed by atoms with Gasteiger partial charge in [0.05, 0.1) is 12.2 Å². The highest BCUT2D eigenvalue weighted by atomic mass is 28.4. The first kappa shape index (κ1) is 24.3. The third-order valence-electron chi connectivity index (χ3n) is 3.97. The summed E-state index contributed by atoms with van der Waals surface area (Å²) in [6.07, 6.45) is 2.24. The Kier molecular flexibility index (Phi) is 8.88. The van der Waals surface area contributed by atoms with Gasteiger partial charge in [-0.15, -0.1) is 0 Å². The predicted molar refractivity (Wildman–Crippen MR) is 106 cm³/mol. The van der Waals surface area contributed by atoms with Crippen LogP contribution in [0.2, 0.25) is 26.2 Å². The van der Waals surface area contributed by atoms with Crippen LogP contribution in [-0.2, 0) is 18.0 Å². The van der Waals surface area contributed by atoms with E-state index in [1.54, 1.807) is 0 Å². The number of hydrogen-bond acceptors (Lipinski definition) is 4. The maximum atomic E-state index is 6.30. The molecule has 6 heteroatoms. The zero-order valence-electron chi connectivity index (χ0n) is 18.2. The molecule has 0 aliphatic rings. The summed E-state index contributed by atoms with van der Waals surface area (Å²) in [5, 5.41) is 0. The summed E-state index contributed by atoms with van der Waals surface area (Å²) < 4.78 is 24.3. The van der Waals surface area contributed by atoms with Gasteiger partial charge < -0.3 is 8.85 Å². The SMILES string of the molecule is CCC(O[Si](C)(C)OO[Si](C)(C)OC(CC)C(C)(C)C)C(C)(C)C. The Morgan fingerprint density at radius 2 is 0.875 bits per heavy atom. The van der Waals surface area contributed by atoms with Gasteiger partial charge in [0, 0.05) is 0 Å². The molecule has 0 heterocycles. The van der Waals surface area contributed by atoms with Crippen molar-refractivity contribution in [1.82, 2.24) is 0 Å². The molecule has 0 fully saturated rings. The molecular weight excluding hydrogens is 336 g/mol. The molecule has 0 radical (unpaired) electrons. The second-order valence-corrected chi connectivity index (χ2v) is 16.1. The summed E-state index contributed by atoms with van der Waals surface area (Å²) in [6, 6.07) is 0. The quantitative estimate of drug-likeness (QED) is 0.279. The number of hydrogen-bond donors (Lipinski definition) is 0. The topological polar surface area (TPSA) is 36.9 Å². The Bertz CT molecular complexity index is 334. The molecule has 2 unspecified atom stereocenters. The summed E-state index contributed by atoms with van der Waals surface area (Å²) in [5.74, 6) is 0. The van der Waals surface area contributed by atoms with Gasteiger partial charge in [-0.3, -0.25) is 9.15 Å². The van der Waals surface area contributed by atoms with E-state index < -0.39 is 17.1 Å². The van der Waals surface area contributed by atoms with Crippen LogP contribution in [0.15, 0.2) is 0 Å². The van der Waals surface area contributed by atoms with Crippen molar-refractivity contribution < 1.29 is 18.0 Å². The Labute approximate surface area is 153 Å². The lowest BCUT2D eigenvalue weighted by Crippen LogP contribution is -2.49. The average molecular weight is 379 g/mol. The fourth-order valence-electron chi connectivity index (χ4n) is 2.67. The molecule has 0 aromatic rings. The van der Waals surface area contributed by atoms with Gasteiger partial charge in [0.25, 0.3) is 0 Å². The molecule has 2 atom stereocenters. The first-order valence-electron chi connectivity index (χ1n) is 9.26. The molecule has 0 rings (SSSR count). The summed E-state index contributed by atoms with van der Waals surface area (Å²) in [5.41, 5.74) is 0.177. The van der Waals surface area contributed by atoms with Gasteiger partial charge >= 0.3 is 17.1 Å². The van der Waals surface area contributed by atoms with Gasteiger partial charge in [-0.05, 0) is 49.9 Å². The van der Waals surface area contributed by atoms with Crippen LogP contribution in [0.3, 0.4) is 0 Å². The van der Waals surface area contributed by atoms with Crippen molar-refractivity contribution >= 4 is 17.1 Å². The third kappa shape index (κ3) is 9.10. The molecule has 0 amide bonds. The van der Waals surface area contributed by atoms with Gasteiger partial charge in [0.2, 0.25) is 0 Å². The molecule has 0 aliphatic heterocycles. The third-order valence-corrected chi connectivity index (χ3v) is 6.81. The van der Waals surface area contributed by atoms with Crippen LogP contribution in [-0.4, -0.2) is 29.3 Å². The van der Waals surface area contributed by atoms with Gasteiger partial charge in [-0.2, -0.15) is 0 Å². The van der Waals surface area contributed by atoms with E-state index in [2.05, 4.69) is 55.4 Å². The highest BCUT2D eigenvalue weighted by Gasteiger charge is 2.40. The van der Waals surface area contributed by atoms with Crippen molar-refractivity contribution in [1.29, 1.82) is 0 Å². The molecule has 0 bridgehead atoms. The zero-order valence-corrected chi connectivity index (χ0v) is 20.2. The standard InChI is InChI=1S/C18H42O4Si2/c1-13-15(17(3,4)5)19-23(9,10)21-22-24(11,12)20-16(14-2)18(6,7)8/h15-16H,13-14H2,1-12H3. The first-order chi connectivity index (χ1) is 10.5. The van der Waals surface area contributed by atoms with E-state index in [4.69, 9.17) is 18.0 Å². The Morgan fingerprint density at radius 3 is 1.04 bits per heavy atom. The van der Waals surface area contributed by atoms with Gasteiger partial charge in [0.1, 0.15) is 0 Å². The molecule has 24 heavy (non-hydrogen) atoms. The second-order valence-electron chi connectivity index (χ2n) is 9.73. The van der Waals surface area contributed by atoms with Crippen molar-refractivity contribution in [2.45, 2.75) is 107 Å². The van der Waals surface area contributed by atoms with Gasteiger partial charge in [-0.1, -0.05) is 55.4 Å². The van der Waals surface area contributed by atoms with Crippen LogP contribution in [0.4, 0.5) is 0 Å². The Morgan fingerprint density at radius 1 is 0.625 bits per heavy atom. The van der Waals surface area contributed by atoms with Crippen LogP contribution in [0.25, 0.3) is 0 Å². The minimum absolute atomic E-state index is 0.0887. The van der Waals surface area contributed by atoms with Crippen LogP contribution in [0.1, 0.15) is 68.2 Å². The van der Waals surface area contributed by atoms with Crippen molar-refractivity contribution in [3.8, 4) is 0 Å². The van der Waals surface area contributed by atoms with E-state index in [1.807, 2.05) is 26.2 Å². The number of rotatable bonds is 9. The molecule has 0 aromatic heterocycles. The fourth-order valence-corrected chi connectivity index (χ4v) is 6.77. The molecular formula is C18H42O4Si2. The second kappa shape index (κ2) is 8.78. The summed E-state index contributed by atoms with van der Waals surface area (Å²) >= 11 is 0. The maximum absolute atomic E-state index is 6.30. The summed E-state index contributed by atoms with van der Waals surface area (Å²) in [6.45, 7) is 25.6. The molecule has 4 nitrogen and oxygen atoms in total. The first-order valence-corrected chi connectivity index (χ1v) is 14.9. The molecule has 0 aliphatic carbocycles. The largest absolute Gasteiger partial charge is 0.389 e. The lowest BCUT2D eigenvalue weighted by Gasteiger charge is -2.38. The van der Waals surface area contributed by atoms with Crippen LogP contribution >= 0.6 is 0 Å². The highest BCUT2D eigenvalue weighted by molar-refractivity contribution is 6.67. The molecule has 0 N–H and O–H groups in total. The molecule has 0 spiro atoms. The minimum atomic E-state index is -2.38. The van der Waals surface area contributed by atoms with Gasteiger partial charge in [0.15, 0.2) is 0 Å². The van der Waals surface area contributed by atoms with Crippen molar-refractivity contribution in [2.75, 3.05) is 0 Å². The van der Waals surface area contributed by atoms with Crippen molar-refractivity contribution in [3.05, 3.63) is 0 Å². The Balaban J connectivity index is 4.78. The predicted octanol–water partition coefficient (Wildman–Crippen LogP) is 6.02. The van der Waals surface area contributed by atoms with Gasteiger partial charge in [-0.25, -0.2) is 0 Å². The van der Waals surface area contributed by atoms with Crippen LogP contribution in [0.5, 0.6) is 0 Å². The van der Waals surface area contributed by atoms with Crippen LogP contribution in [0, 0.1) is 10.8 Å². The normalized spacial score (nSPS) is 17.0. The summed E-state index contributed by atoms with van der Waals surface area (Å²) in [7, 11) is -4.76. The van der Waals surface area contributed by atoms with Crippen LogP contribution < -0.4 is 0 Å². The molecule has 146 valence electrons. The smallest absolute Gasteiger partial charge is 0.367 e. The average Bonchev–Trinajstić information content (AvgIpc) is 2.38. The molecule has 0 saturated heterocycles. The van der Waals surface area contributed by atoms with E-state index >= 15 is 0 Å². The maximum Gasteiger partial charge on any atom is 0.367 e. The molecule has 0 aromatic carbocycles. The van der Waals surface area contributed by atoms with E-state index in [-0.39, 0.29) is 23.0 Å². The van der Waals surface area contributed by atoms with E-state index in [0.717, 1.165) is 12.8 Å².